The van der Waals surface area contributed by atoms with Gasteiger partial charge >= 0.3 is 0 Å². The summed E-state index contributed by atoms with van der Waals surface area (Å²) in [7, 11) is 0. The third kappa shape index (κ3) is 3.48. The number of H-pyrrole nitrogens is 1. The predicted molar refractivity (Wildman–Crippen MR) is 115 cm³/mol. The minimum absolute atomic E-state index is 0.00906. The number of aromatic nitrogens is 7. The molecule has 1 aromatic carbocycles. The second-order valence-electron chi connectivity index (χ2n) is 7.08. The summed E-state index contributed by atoms with van der Waals surface area (Å²) >= 11 is 0. The molecule has 0 aliphatic carbocycles. The van der Waals surface area contributed by atoms with Crippen LogP contribution in [0, 0.1) is 5.82 Å². The highest BCUT2D eigenvalue weighted by molar-refractivity contribution is 5.94. The van der Waals surface area contributed by atoms with Crippen LogP contribution in [0.3, 0.4) is 0 Å². The van der Waals surface area contributed by atoms with E-state index in [4.69, 9.17) is 15.6 Å². The number of nitrogens with zero attached hydrogens (tertiary/aromatic N) is 6. The Bertz CT molecular complexity index is 1410. The molecular weight excluding hydrogens is 415 g/mol. The van der Waals surface area contributed by atoms with Gasteiger partial charge < -0.3 is 15.6 Å². The van der Waals surface area contributed by atoms with Crippen LogP contribution in [-0.4, -0.2) is 53.3 Å². The molecule has 10 nitrogen and oxygen atoms in total. The number of hydrogen-bond acceptors (Lipinski definition) is 8. The van der Waals surface area contributed by atoms with Crippen LogP contribution in [-0.2, 0) is 6.54 Å². The van der Waals surface area contributed by atoms with Gasteiger partial charge in [-0.25, -0.2) is 24.0 Å². The number of benzene rings is 1. The molecule has 5 aromatic rings. The predicted octanol–water partition coefficient (Wildman–Crippen LogP) is 2.30. The maximum Gasteiger partial charge on any atom is 0.246 e. The van der Waals surface area contributed by atoms with Gasteiger partial charge in [-0.05, 0) is 18.2 Å². The van der Waals surface area contributed by atoms with Gasteiger partial charge in [-0.1, -0.05) is 18.2 Å². The van der Waals surface area contributed by atoms with E-state index >= 15 is 0 Å². The van der Waals surface area contributed by atoms with Gasteiger partial charge in [-0.2, -0.15) is 5.10 Å². The highest BCUT2D eigenvalue weighted by Crippen LogP contribution is 2.31. The van der Waals surface area contributed by atoms with E-state index in [1.54, 1.807) is 35.1 Å². The molecule has 32 heavy (non-hydrogen) atoms. The second kappa shape index (κ2) is 8.19. The first-order chi connectivity index (χ1) is 15.7. The molecule has 0 aliphatic heterocycles. The molecule has 0 saturated heterocycles. The maximum absolute atomic E-state index is 14.2. The monoisotopic (exact) mass is 434 g/mol. The first kappa shape index (κ1) is 19.8. The number of aromatic amines is 1. The van der Waals surface area contributed by atoms with Crippen molar-refractivity contribution in [2.45, 2.75) is 13.0 Å². The molecule has 4 N–H and O–H groups in total. The van der Waals surface area contributed by atoms with Gasteiger partial charge in [0.1, 0.15) is 22.7 Å². The first-order valence-electron chi connectivity index (χ1n) is 9.96. The Morgan fingerprint density at radius 1 is 1.16 bits per heavy atom. The Kier molecular flexibility index (Phi) is 5.07. The van der Waals surface area contributed by atoms with E-state index in [0.29, 0.717) is 39.7 Å². The molecule has 162 valence electrons. The molecule has 0 spiro atoms. The van der Waals surface area contributed by atoms with Crippen molar-refractivity contribution in [1.82, 2.24) is 34.9 Å². The first-order valence-corrected chi connectivity index (χ1v) is 9.96. The van der Waals surface area contributed by atoms with Gasteiger partial charge in [0, 0.05) is 24.8 Å². The number of nitrogens with one attached hydrogen (secondary N) is 1. The molecular formula is C21H19FN8O2. The second-order valence-corrected chi connectivity index (χ2v) is 7.08. The minimum atomic E-state index is -0.318. The summed E-state index contributed by atoms with van der Waals surface area (Å²) in [6, 6.07) is 10.2. The van der Waals surface area contributed by atoms with Crippen molar-refractivity contribution >= 4 is 27.9 Å². The van der Waals surface area contributed by atoms with E-state index in [1.807, 2.05) is 6.07 Å². The van der Waals surface area contributed by atoms with Crippen molar-refractivity contribution in [1.29, 1.82) is 0 Å². The van der Waals surface area contributed by atoms with E-state index in [-0.39, 0.29) is 43.1 Å². The largest absolute Gasteiger partial charge is 0.476 e. The van der Waals surface area contributed by atoms with Crippen LogP contribution >= 0.6 is 0 Å². The highest BCUT2D eigenvalue weighted by Gasteiger charge is 2.20. The number of pyridine rings is 1. The fourth-order valence-electron chi connectivity index (χ4n) is 3.45. The zero-order valence-corrected chi connectivity index (χ0v) is 16.9. The third-order valence-corrected chi connectivity index (χ3v) is 4.95. The molecule has 0 atom stereocenters. The number of fused-ring (bicyclic) bond motifs is 2. The smallest absolute Gasteiger partial charge is 0.246 e. The molecule has 0 saturated carbocycles. The van der Waals surface area contributed by atoms with Crippen LogP contribution in [0.5, 0.6) is 5.88 Å². The number of nitrogens with two attached hydrogens (primary N) is 1. The summed E-state index contributed by atoms with van der Waals surface area (Å²) in [5.41, 5.74) is 8.13. The minimum Gasteiger partial charge on any atom is -0.476 e. The molecule has 0 radical (unpaired) electrons. The Labute approximate surface area is 180 Å². The lowest BCUT2D eigenvalue weighted by molar-refractivity contribution is 0.230. The number of rotatable bonds is 7. The summed E-state index contributed by atoms with van der Waals surface area (Å²) in [6.45, 7) is 0.494. The molecule has 4 heterocycles. The van der Waals surface area contributed by atoms with Crippen LogP contribution < -0.4 is 10.5 Å². The average molecular weight is 434 g/mol. The Hall–Kier alpha value is -4.12. The van der Waals surface area contributed by atoms with Crippen LogP contribution in [0.1, 0.15) is 12.0 Å². The van der Waals surface area contributed by atoms with Gasteiger partial charge in [0.05, 0.1) is 18.5 Å². The average Bonchev–Trinajstić information content (AvgIpc) is 3.38. The number of aliphatic hydroxyl groups excluding tert-OH is 1. The number of nitrogen functional groups attached to an aromatic ring is 1. The molecule has 5 rings (SSSR count). The lowest BCUT2D eigenvalue weighted by Gasteiger charge is -2.04. The van der Waals surface area contributed by atoms with Crippen LogP contribution in [0.2, 0.25) is 0 Å². The quantitative estimate of drug-likeness (QED) is 0.331. The standard InChI is InChI=1S/C21H19FN8O2/c22-14-7-2-1-5-12(14)11-30-20-13(6-3-8-24-20)16(29-30)19-25-17(23)15-18(26-19)27-28-21(15)32-10-4-9-31/h1-3,5-8,31H,4,9-11H2,(H3,23,25,26,27,28). The summed E-state index contributed by atoms with van der Waals surface area (Å²) in [6.07, 6.45) is 2.11. The zero-order valence-electron chi connectivity index (χ0n) is 16.9. The van der Waals surface area contributed by atoms with Crippen molar-refractivity contribution < 1.29 is 14.2 Å². The summed E-state index contributed by atoms with van der Waals surface area (Å²) < 4.78 is 21.4. The van der Waals surface area contributed by atoms with Gasteiger partial charge in [0.2, 0.25) is 5.88 Å². The molecule has 0 unspecified atom stereocenters. The Morgan fingerprint density at radius 2 is 2.03 bits per heavy atom. The molecule has 0 fully saturated rings. The molecule has 0 amide bonds. The Morgan fingerprint density at radius 3 is 2.88 bits per heavy atom. The normalized spacial score (nSPS) is 11.4. The van der Waals surface area contributed by atoms with E-state index in [0.717, 1.165) is 0 Å². The van der Waals surface area contributed by atoms with Crippen molar-refractivity contribution in [2.75, 3.05) is 18.9 Å². The SMILES string of the molecule is Nc1nc(-c2nn(Cc3ccccc3F)c3ncccc23)nc2[nH]nc(OCCCO)c12. The number of anilines is 1. The van der Waals surface area contributed by atoms with Crippen molar-refractivity contribution in [3.63, 3.8) is 0 Å². The number of hydrogen-bond donors (Lipinski definition) is 3. The van der Waals surface area contributed by atoms with Crippen molar-refractivity contribution in [2.24, 2.45) is 0 Å². The molecule has 4 aromatic heterocycles. The zero-order chi connectivity index (χ0) is 22.1. The van der Waals surface area contributed by atoms with Gasteiger partial charge in [-0.15, -0.1) is 5.10 Å². The molecule has 0 bridgehead atoms. The molecule has 11 heteroatoms. The third-order valence-electron chi connectivity index (χ3n) is 4.95. The molecule has 0 aliphatic rings. The highest BCUT2D eigenvalue weighted by atomic mass is 19.1. The summed E-state index contributed by atoms with van der Waals surface area (Å²) in [4.78, 5) is 13.4. The van der Waals surface area contributed by atoms with Crippen molar-refractivity contribution in [3.05, 3.63) is 54.0 Å². The summed E-state index contributed by atoms with van der Waals surface area (Å²) in [5.74, 6) is 0.417. The number of ether oxygens (including phenoxy) is 1. The lowest BCUT2D eigenvalue weighted by Crippen LogP contribution is -2.05. The van der Waals surface area contributed by atoms with E-state index in [1.165, 1.54) is 6.07 Å². The number of halogens is 1. The van der Waals surface area contributed by atoms with Crippen LogP contribution in [0.15, 0.2) is 42.6 Å². The van der Waals surface area contributed by atoms with Crippen LogP contribution in [0.25, 0.3) is 33.6 Å². The fourth-order valence-corrected chi connectivity index (χ4v) is 3.45. The maximum atomic E-state index is 14.2. The van der Waals surface area contributed by atoms with Gasteiger partial charge in [-0.3, -0.25) is 5.10 Å². The Balaban J connectivity index is 1.58. The summed E-state index contributed by atoms with van der Waals surface area (Å²) in [5, 5.41) is 21.6. The van der Waals surface area contributed by atoms with Gasteiger partial charge in [0.25, 0.3) is 0 Å². The van der Waals surface area contributed by atoms with E-state index < -0.39 is 0 Å². The van der Waals surface area contributed by atoms with E-state index in [2.05, 4.69) is 30.2 Å². The number of aliphatic hydroxyl groups is 1. The lowest BCUT2D eigenvalue weighted by atomic mass is 10.2. The van der Waals surface area contributed by atoms with Crippen LogP contribution in [0.4, 0.5) is 10.2 Å². The topological polar surface area (TPSA) is 141 Å². The fraction of sp³-hybridized carbons (Fsp3) is 0.190. The van der Waals surface area contributed by atoms with E-state index in [9.17, 15) is 4.39 Å². The van der Waals surface area contributed by atoms with Gasteiger partial charge in [0.15, 0.2) is 17.1 Å². The van der Waals surface area contributed by atoms with Crippen molar-refractivity contribution in [3.8, 4) is 17.4 Å².